The maximum atomic E-state index is 14.9. The monoisotopic (exact) mass is 833 g/mol. The minimum absolute atomic E-state index is 0.0205. The molecule has 288 valence electrons. The molecular formula is C34H24Cl2F4N8O7P+. The molecule has 2 aromatic heterocycles. The van der Waals surface area contributed by atoms with Crippen molar-refractivity contribution in [3.8, 4) is 11.5 Å². The summed E-state index contributed by atoms with van der Waals surface area (Å²) in [6.07, 6.45) is -3.54. The van der Waals surface area contributed by atoms with E-state index in [1.807, 2.05) is 0 Å². The first-order valence-corrected chi connectivity index (χ1v) is 17.5. The molecule has 2 atom stereocenters. The van der Waals surface area contributed by atoms with Crippen LogP contribution in [-0.4, -0.2) is 58.7 Å². The quantitative estimate of drug-likeness (QED) is 0.0605. The molecule has 6 rings (SSSR count). The van der Waals surface area contributed by atoms with Gasteiger partial charge >= 0.3 is 21.0 Å². The molecule has 15 nitrogen and oxygen atoms in total. The first-order chi connectivity index (χ1) is 26.8. The van der Waals surface area contributed by atoms with E-state index < -0.39 is 44.4 Å². The summed E-state index contributed by atoms with van der Waals surface area (Å²) in [4.78, 5) is 42.1. The predicted octanol–water partition coefficient (Wildman–Crippen LogP) is 8.52. The summed E-state index contributed by atoms with van der Waals surface area (Å²) in [6.45, 7) is 0. The summed E-state index contributed by atoms with van der Waals surface area (Å²) < 4.78 is 88.9. The first kappa shape index (κ1) is 39.7. The zero-order chi connectivity index (χ0) is 40.1. The van der Waals surface area contributed by atoms with Gasteiger partial charge < -0.3 is 30.7 Å². The number of methoxy groups -OCH3 is 2. The van der Waals surface area contributed by atoms with Crippen molar-refractivity contribution in [3.63, 3.8) is 0 Å². The van der Waals surface area contributed by atoms with Gasteiger partial charge in [0.25, 0.3) is 11.8 Å². The number of fused-ring (bicyclic) bond motifs is 2. The van der Waals surface area contributed by atoms with Crippen molar-refractivity contribution in [2.24, 2.45) is 0 Å². The highest BCUT2D eigenvalue weighted by Crippen LogP contribution is 2.37. The Morgan fingerprint density at radius 3 is 1.45 bits per heavy atom. The van der Waals surface area contributed by atoms with Gasteiger partial charge in [-0.1, -0.05) is 32.2 Å². The second-order valence-corrected chi connectivity index (χ2v) is 12.8. The fourth-order valence-corrected chi connectivity index (χ4v) is 5.88. The zero-order valence-corrected chi connectivity index (χ0v) is 30.9. The van der Waals surface area contributed by atoms with Crippen LogP contribution < -0.4 is 30.7 Å². The fraction of sp³-hybridized carbons (Fsp3) is 0.118. The van der Waals surface area contributed by atoms with Crippen LogP contribution in [0.1, 0.15) is 0 Å². The summed E-state index contributed by atoms with van der Waals surface area (Å²) in [7, 11) is -1.22. The highest BCUT2D eigenvalue weighted by Gasteiger charge is 2.39. The maximum absolute atomic E-state index is 14.9. The van der Waals surface area contributed by atoms with Crippen LogP contribution in [0.5, 0.6) is 11.5 Å². The normalized spacial score (nSPS) is 12.5. The molecule has 0 fully saturated rings. The summed E-state index contributed by atoms with van der Waals surface area (Å²) in [5, 5.41) is 10.6. The highest BCUT2D eigenvalue weighted by atomic mass is 35.5. The summed E-state index contributed by atoms with van der Waals surface area (Å²) >= 11 is 11.7. The number of nitrogens with one attached hydrogen (secondary N) is 4. The van der Waals surface area contributed by atoms with E-state index in [-0.39, 0.29) is 44.6 Å². The van der Waals surface area contributed by atoms with E-state index in [1.165, 1.54) is 75.4 Å². The molecule has 6 aromatic rings. The number of anilines is 6. The van der Waals surface area contributed by atoms with Crippen LogP contribution in [0.3, 0.4) is 0 Å². The van der Waals surface area contributed by atoms with Crippen molar-refractivity contribution in [1.82, 2.24) is 19.9 Å². The molecular weight excluding hydrogens is 810 g/mol. The van der Waals surface area contributed by atoms with E-state index in [2.05, 4.69) is 50.3 Å². The van der Waals surface area contributed by atoms with E-state index >= 15 is 0 Å². The summed E-state index contributed by atoms with van der Waals surface area (Å²) in [5.41, 5.74) is 1.15. The molecule has 4 aromatic carbocycles. The van der Waals surface area contributed by atoms with Gasteiger partial charge in [0.1, 0.15) is 47.4 Å². The molecule has 0 saturated carbocycles. The average molecular weight is 834 g/mol. The van der Waals surface area contributed by atoms with Gasteiger partial charge in [-0.2, -0.15) is 8.78 Å². The standard InChI is InChI=1S/C34H23Cl2F4N8O7P/c1-52-27-11-23-17(31(43-13-41-23)45-15-3-5-21(37)19(35)7-15)9-25(27)47-33(49)29(39)54-56(51)55-30(40)34(50)48-26-10-18-24(12-28(26)53-2)42-14-44-32(18)46-16-4-6-22(38)20(36)8-16/h3-14,29-30H,1-2H3,(H3-,41,42,43,44,45,46,47,48,49,50)/p+1. The molecule has 0 aliphatic heterocycles. The van der Waals surface area contributed by atoms with Crippen molar-refractivity contribution >= 4 is 99.5 Å². The topological polar surface area (TPSA) is 188 Å². The lowest BCUT2D eigenvalue weighted by atomic mass is 10.2. The number of ether oxygens (including phenoxy) is 2. The minimum Gasteiger partial charge on any atom is -0.494 e. The molecule has 0 bridgehead atoms. The predicted molar refractivity (Wildman–Crippen MR) is 198 cm³/mol. The number of nitrogens with zero attached hydrogens (tertiary/aromatic N) is 4. The van der Waals surface area contributed by atoms with Crippen LogP contribution in [-0.2, 0) is 23.2 Å². The molecule has 0 saturated heterocycles. The van der Waals surface area contributed by atoms with Gasteiger partial charge in [0.2, 0.25) is 0 Å². The van der Waals surface area contributed by atoms with Crippen LogP contribution >= 0.6 is 31.5 Å². The lowest BCUT2D eigenvalue weighted by Crippen LogP contribution is -2.27. The Morgan fingerprint density at radius 2 is 1.07 bits per heavy atom. The number of carbonyl (C=O) groups is 2. The minimum atomic E-state index is -3.75. The second kappa shape index (κ2) is 17.2. The van der Waals surface area contributed by atoms with Gasteiger partial charge in [-0.25, -0.2) is 28.7 Å². The Morgan fingerprint density at radius 1 is 0.661 bits per heavy atom. The van der Waals surface area contributed by atoms with E-state index in [0.29, 0.717) is 33.2 Å². The summed E-state index contributed by atoms with van der Waals surface area (Å²) in [6, 6.07) is 13.2. The molecule has 22 heteroatoms. The van der Waals surface area contributed by atoms with Gasteiger partial charge in [-0.15, -0.1) is 0 Å². The number of carbonyl (C=O) groups excluding carboxylic acids is 2. The molecule has 4 N–H and O–H groups in total. The molecule has 0 spiro atoms. The van der Waals surface area contributed by atoms with Gasteiger partial charge in [-0.3, -0.25) is 9.59 Å². The average Bonchev–Trinajstić information content (AvgIpc) is 3.17. The van der Waals surface area contributed by atoms with E-state index in [0.717, 1.165) is 12.1 Å². The van der Waals surface area contributed by atoms with Crippen molar-refractivity contribution in [2.45, 2.75) is 12.7 Å². The number of hydrogen-bond donors (Lipinski definition) is 4. The third-order valence-corrected chi connectivity index (χ3v) is 8.86. The zero-order valence-electron chi connectivity index (χ0n) is 28.4. The van der Waals surface area contributed by atoms with Gasteiger partial charge in [0.15, 0.2) is 0 Å². The molecule has 2 unspecified atom stereocenters. The van der Waals surface area contributed by atoms with Crippen molar-refractivity contribution < 1.29 is 50.2 Å². The molecule has 0 aliphatic rings. The van der Waals surface area contributed by atoms with Crippen LogP contribution in [0, 0.1) is 11.6 Å². The SMILES string of the molecule is COc1cc2ncnc(Nc3ccc(F)c(Cl)c3)c2cc1NC(=O)C(F)O[P+](=O)OC(F)C(=O)Nc1cc2c(Nc3ccc(F)c(Cl)c3)ncnc2cc1OC. The largest absolute Gasteiger partial charge is 0.704 e. The third kappa shape index (κ3) is 9.10. The van der Waals surface area contributed by atoms with Crippen molar-refractivity contribution in [2.75, 3.05) is 35.5 Å². The van der Waals surface area contributed by atoms with Gasteiger partial charge in [0.05, 0.1) is 46.7 Å². The Bertz CT molecular complexity index is 2340. The van der Waals surface area contributed by atoms with Crippen LogP contribution in [0.25, 0.3) is 21.8 Å². The Kier molecular flexibility index (Phi) is 12.2. The number of amides is 2. The first-order valence-electron chi connectivity index (χ1n) is 15.6. The van der Waals surface area contributed by atoms with Crippen LogP contribution in [0.2, 0.25) is 10.0 Å². The lowest BCUT2D eigenvalue weighted by molar-refractivity contribution is -0.133. The maximum Gasteiger partial charge on any atom is 0.704 e. The number of aromatic nitrogens is 4. The van der Waals surface area contributed by atoms with E-state index in [1.54, 1.807) is 0 Å². The number of hydrogen-bond acceptors (Lipinski definition) is 13. The van der Waals surface area contributed by atoms with Crippen molar-refractivity contribution in [1.29, 1.82) is 0 Å². The Balaban J connectivity index is 1.11. The smallest absolute Gasteiger partial charge is 0.494 e. The van der Waals surface area contributed by atoms with E-state index in [9.17, 15) is 31.7 Å². The molecule has 0 radical (unpaired) electrons. The highest BCUT2D eigenvalue weighted by molar-refractivity contribution is 7.33. The van der Waals surface area contributed by atoms with Crippen LogP contribution in [0.15, 0.2) is 73.3 Å². The third-order valence-electron chi connectivity index (χ3n) is 7.56. The van der Waals surface area contributed by atoms with Crippen molar-refractivity contribution in [3.05, 3.63) is 95.0 Å². The number of rotatable bonds is 14. The summed E-state index contributed by atoms with van der Waals surface area (Å²) in [5.74, 6) is -3.89. The lowest BCUT2D eigenvalue weighted by Gasteiger charge is -2.14. The molecule has 56 heavy (non-hydrogen) atoms. The van der Waals surface area contributed by atoms with Gasteiger partial charge in [0, 0.05) is 38.8 Å². The Hall–Kier alpha value is -5.98. The molecule has 0 aliphatic carbocycles. The van der Waals surface area contributed by atoms with E-state index in [4.69, 9.17) is 32.7 Å². The number of benzene rings is 4. The Labute approximate surface area is 323 Å². The molecule has 2 amide bonds. The van der Waals surface area contributed by atoms with Gasteiger partial charge in [-0.05, 0) is 48.5 Å². The van der Waals surface area contributed by atoms with Crippen LogP contribution in [0.4, 0.5) is 51.9 Å². The second-order valence-electron chi connectivity index (χ2n) is 11.1. The number of alkyl halides is 2. The molecule has 2 heterocycles. The number of halogens is 6. The fourth-order valence-electron chi connectivity index (χ4n) is 4.97.